The van der Waals surface area contributed by atoms with Gasteiger partial charge in [-0.1, -0.05) is 67.8 Å². The number of carboxylic acid groups (broad SMARTS) is 1. The summed E-state index contributed by atoms with van der Waals surface area (Å²) in [6.07, 6.45) is 5.28. The smallest absolute Gasteiger partial charge is 0.410 e. The minimum Gasteiger partial charge on any atom is -0.478 e. The summed E-state index contributed by atoms with van der Waals surface area (Å²) < 4.78 is 12.0. The molecule has 3 aliphatic rings. The molecule has 1 spiro atoms. The Hall–Kier alpha value is -4.27. The summed E-state index contributed by atoms with van der Waals surface area (Å²) in [5.41, 5.74) is 4.94. The second-order valence-corrected chi connectivity index (χ2v) is 14.1. The number of hydrogen-bond donors (Lipinski definition) is 2. The number of carbonyl (C=O) groups excluding carboxylic acids is 2. The molecule has 3 aromatic rings. The normalized spacial score (nSPS) is 19.0. The van der Waals surface area contributed by atoms with E-state index in [1.54, 1.807) is 17.9 Å². The third-order valence-corrected chi connectivity index (χ3v) is 9.93. The maximum atomic E-state index is 14.2. The highest BCUT2D eigenvalue weighted by Gasteiger charge is 2.48. The number of H-pyrrole nitrogens is 1. The van der Waals surface area contributed by atoms with Crippen LogP contribution in [0.3, 0.4) is 0 Å². The van der Waals surface area contributed by atoms with Crippen LogP contribution in [0.5, 0.6) is 0 Å². The highest BCUT2D eigenvalue weighted by molar-refractivity contribution is 5.89. The number of amides is 2. The monoisotopic (exact) mass is 627 g/mol. The SMILES string of the molecule is Cc1[nH]c(CN(C(=O)OCC2c3ccccc3-c3ccccc32)C2CCN(C(=O)OC(C)(C)C)C3(CCCCC3)C2)cc1C(=O)O. The Morgan fingerprint density at radius 3 is 2.22 bits per heavy atom. The van der Waals surface area contributed by atoms with Gasteiger partial charge in [-0.3, -0.25) is 4.90 Å². The van der Waals surface area contributed by atoms with E-state index in [0.29, 0.717) is 30.8 Å². The molecule has 1 saturated heterocycles. The van der Waals surface area contributed by atoms with Gasteiger partial charge in [0, 0.05) is 35.4 Å². The molecule has 2 aromatic carbocycles. The highest BCUT2D eigenvalue weighted by Crippen LogP contribution is 2.45. The lowest BCUT2D eigenvalue weighted by Gasteiger charge is -2.53. The van der Waals surface area contributed by atoms with E-state index in [9.17, 15) is 19.5 Å². The van der Waals surface area contributed by atoms with E-state index < -0.39 is 23.2 Å². The summed E-state index contributed by atoms with van der Waals surface area (Å²) in [5.74, 6) is -1.09. The van der Waals surface area contributed by atoms with Crippen molar-refractivity contribution in [3.63, 3.8) is 0 Å². The molecule has 6 rings (SSSR count). The largest absolute Gasteiger partial charge is 0.478 e. The van der Waals surface area contributed by atoms with E-state index in [-0.39, 0.29) is 36.8 Å². The number of benzene rings is 2. The lowest BCUT2D eigenvalue weighted by atomic mass is 9.73. The van der Waals surface area contributed by atoms with Gasteiger partial charge in [0.05, 0.1) is 12.1 Å². The minimum atomic E-state index is -1.01. The fraction of sp³-hybridized carbons (Fsp3) is 0.486. The van der Waals surface area contributed by atoms with Gasteiger partial charge < -0.3 is 24.5 Å². The molecular weight excluding hydrogens is 582 g/mol. The van der Waals surface area contributed by atoms with Crippen LogP contribution in [0, 0.1) is 6.92 Å². The summed E-state index contributed by atoms with van der Waals surface area (Å²) in [6, 6.07) is 17.9. The predicted molar refractivity (Wildman–Crippen MR) is 175 cm³/mol. The fourth-order valence-corrected chi connectivity index (χ4v) is 7.86. The quantitative estimate of drug-likeness (QED) is 0.288. The molecule has 9 nitrogen and oxygen atoms in total. The standard InChI is InChI=1S/C37H45N3O6/c1-24-31(33(41)42)20-25(38-24)22-39(26-16-19-40(35(44)46-36(2,3)4)37(21-26)17-10-5-11-18-37)34(43)45-23-32-29-14-8-6-12-27(29)28-13-7-9-15-30(28)32/h6-9,12-15,20,26,32,38H,5,10-11,16-19,21-23H2,1-4H3,(H,41,42). The topological polar surface area (TPSA) is 112 Å². The Kier molecular flexibility index (Phi) is 8.61. The van der Waals surface area contributed by atoms with E-state index >= 15 is 0 Å². The van der Waals surface area contributed by atoms with E-state index in [0.717, 1.165) is 54.4 Å². The number of aromatic carboxylic acids is 1. The average Bonchev–Trinajstić information content (AvgIpc) is 3.55. The first-order valence-electron chi connectivity index (χ1n) is 16.5. The number of nitrogens with zero attached hydrogens (tertiary/aromatic N) is 2. The number of carbonyl (C=O) groups is 3. The van der Waals surface area contributed by atoms with Crippen LogP contribution in [0.25, 0.3) is 11.1 Å². The summed E-state index contributed by atoms with van der Waals surface area (Å²) in [4.78, 5) is 46.4. The van der Waals surface area contributed by atoms with E-state index in [1.807, 2.05) is 49.9 Å². The molecule has 2 heterocycles. The Morgan fingerprint density at radius 1 is 1.00 bits per heavy atom. The zero-order valence-corrected chi connectivity index (χ0v) is 27.3. The second kappa shape index (κ2) is 12.5. The highest BCUT2D eigenvalue weighted by atomic mass is 16.6. The first-order chi connectivity index (χ1) is 22.0. The van der Waals surface area contributed by atoms with Gasteiger partial charge in [-0.25, -0.2) is 14.4 Å². The van der Waals surface area contributed by atoms with Crippen molar-refractivity contribution in [3.8, 4) is 11.1 Å². The summed E-state index contributed by atoms with van der Waals surface area (Å²) in [6.45, 7) is 8.21. The van der Waals surface area contributed by atoms with Gasteiger partial charge in [0.25, 0.3) is 0 Å². The molecule has 1 aliphatic heterocycles. The Balaban J connectivity index is 1.28. The first kappa shape index (κ1) is 31.7. The number of likely N-dealkylation sites (tertiary alicyclic amines) is 1. The van der Waals surface area contributed by atoms with Crippen molar-refractivity contribution < 1.29 is 29.0 Å². The molecule has 1 aromatic heterocycles. The number of aromatic amines is 1. The second-order valence-electron chi connectivity index (χ2n) is 14.1. The molecule has 1 saturated carbocycles. The minimum absolute atomic E-state index is 0.0803. The van der Waals surface area contributed by atoms with Gasteiger partial charge in [-0.15, -0.1) is 0 Å². The van der Waals surface area contributed by atoms with Crippen molar-refractivity contribution in [3.05, 3.63) is 82.7 Å². The number of aryl methyl sites for hydroxylation is 1. The average molecular weight is 628 g/mol. The van der Waals surface area contributed by atoms with Crippen molar-refractivity contribution in [2.45, 2.75) is 102 Å². The molecule has 1 unspecified atom stereocenters. The molecule has 2 aliphatic carbocycles. The Morgan fingerprint density at radius 2 is 1.63 bits per heavy atom. The van der Waals surface area contributed by atoms with Gasteiger partial charge in [-0.2, -0.15) is 0 Å². The number of carboxylic acids is 1. The summed E-state index contributed by atoms with van der Waals surface area (Å²) in [7, 11) is 0. The number of hydrogen-bond acceptors (Lipinski definition) is 5. The Labute approximate surface area is 270 Å². The third kappa shape index (κ3) is 6.24. The maximum Gasteiger partial charge on any atom is 0.410 e. The molecule has 0 bridgehead atoms. The molecule has 0 radical (unpaired) electrons. The lowest BCUT2D eigenvalue weighted by molar-refractivity contribution is -0.0460. The maximum absolute atomic E-state index is 14.2. The number of aromatic nitrogens is 1. The molecule has 244 valence electrons. The van der Waals surface area contributed by atoms with Crippen LogP contribution in [0.4, 0.5) is 9.59 Å². The van der Waals surface area contributed by atoms with Gasteiger partial charge >= 0.3 is 18.2 Å². The van der Waals surface area contributed by atoms with Crippen molar-refractivity contribution in [1.82, 2.24) is 14.8 Å². The number of nitrogens with one attached hydrogen (secondary N) is 1. The summed E-state index contributed by atoms with van der Waals surface area (Å²) in [5, 5.41) is 9.69. The van der Waals surface area contributed by atoms with Crippen molar-refractivity contribution >= 4 is 18.2 Å². The lowest BCUT2D eigenvalue weighted by Crippen LogP contribution is -2.62. The van der Waals surface area contributed by atoms with Crippen LogP contribution in [0.1, 0.15) is 105 Å². The van der Waals surface area contributed by atoms with Gasteiger partial charge in [-0.05, 0) is 81.7 Å². The Bertz CT molecular complexity index is 1570. The third-order valence-electron chi connectivity index (χ3n) is 9.93. The van der Waals surface area contributed by atoms with E-state index in [2.05, 4.69) is 29.2 Å². The van der Waals surface area contributed by atoms with Crippen molar-refractivity contribution in [2.75, 3.05) is 13.2 Å². The first-order valence-corrected chi connectivity index (χ1v) is 16.5. The fourth-order valence-electron chi connectivity index (χ4n) is 7.86. The van der Waals surface area contributed by atoms with Crippen LogP contribution in [0.15, 0.2) is 54.6 Å². The molecule has 2 fully saturated rings. The molecule has 2 amide bonds. The number of piperidine rings is 1. The molecule has 46 heavy (non-hydrogen) atoms. The summed E-state index contributed by atoms with van der Waals surface area (Å²) >= 11 is 0. The van der Waals surface area contributed by atoms with Crippen LogP contribution >= 0.6 is 0 Å². The zero-order valence-electron chi connectivity index (χ0n) is 27.3. The number of rotatable bonds is 6. The van der Waals surface area contributed by atoms with E-state index in [1.165, 1.54) is 0 Å². The van der Waals surface area contributed by atoms with Crippen LogP contribution < -0.4 is 0 Å². The number of fused-ring (bicyclic) bond motifs is 3. The van der Waals surface area contributed by atoms with Gasteiger partial charge in [0.15, 0.2) is 0 Å². The van der Waals surface area contributed by atoms with Crippen LogP contribution in [-0.2, 0) is 16.0 Å². The van der Waals surface area contributed by atoms with E-state index in [4.69, 9.17) is 9.47 Å². The molecule has 1 atom stereocenters. The number of ether oxygens (including phenoxy) is 2. The van der Waals surface area contributed by atoms with Crippen LogP contribution in [-0.4, -0.2) is 68.4 Å². The van der Waals surface area contributed by atoms with Crippen LogP contribution in [0.2, 0.25) is 0 Å². The van der Waals surface area contributed by atoms with Gasteiger partial charge in [0.2, 0.25) is 0 Å². The van der Waals surface area contributed by atoms with Gasteiger partial charge in [0.1, 0.15) is 12.2 Å². The molecule has 9 heteroatoms. The van der Waals surface area contributed by atoms with Crippen molar-refractivity contribution in [1.29, 1.82) is 0 Å². The molecule has 2 N–H and O–H groups in total. The molecular formula is C37H45N3O6. The van der Waals surface area contributed by atoms with Crippen molar-refractivity contribution in [2.24, 2.45) is 0 Å². The zero-order chi connectivity index (χ0) is 32.6. The predicted octanol–water partition coefficient (Wildman–Crippen LogP) is 7.87.